The first-order valence-corrected chi connectivity index (χ1v) is 7.31. The molecule has 5 nitrogen and oxygen atoms in total. The second-order valence-electron chi connectivity index (χ2n) is 5.02. The minimum absolute atomic E-state index is 0.000916. The summed E-state index contributed by atoms with van der Waals surface area (Å²) in [6, 6.07) is 5.75. The van der Waals surface area contributed by atoms with E-state index in [1.54, 1.807) is 19.1 Å². The molecule has 2 N–H and O–H groups in total. The van der Waals surface area contributed by atoms with E-state index in [0.29, 0.717) is 24.5 Å². The number of hydrogen-bond acceptors (Lipinski definition) is 4. The van der Waals surface area contributed by atoms with Crippen LogP contribution in [0.5, 0.6) is 11.5 Å². The summed E-state index contributed by atoms with van der Waals surface area (Å²) in [5, 5.41) is 0. The SMILES string of the molecule is CCC(N)Cc1cccc(OC)c1OCC(=O)N(C)CC. The van der Waals surface area contributed by atoms with Gasteiger partial charge in [0.15, 0.2) is 18.1 Å². The normalized spacial score (nSPS) is 11.9. The van der Waals surface area contributed by atoms with Crippen LogP contribution in [0.25, 0.3) is 0 Å². The van der Waals surface area contributed by atoms with E-state index in [1.165, 1.54) is 0 Å². The van der Waals surface area contributed by atoms with Crippen molar-refractivity contribution in [2.75, 3.05) is 27.3 Å². The Morgan fingerprint density at radius 2 is 2.10 bits per heavy atom. The van der Waals surface area contributed by atoms with E-state index in [0.717, 1.165) is 12.0 Å². The number of hydrogen-bond donors (Lipinski definition) is 1. The molecule has 0 heterocycles. The van der Waals surface area contributed by atoms with Gasteiger partial charge >= 0.3 is 0 Å². The molecule has 1 amide bonds. The molecule has 0 saturated heterocycles. The number of likely N-dealkylation sites (N-methyl/N-ethyl adjacent to an activating group) is 1. The molecule has 1 atom stereocenters. The van der Waals surface area contributed by atoms with Crippen molar-refractivity contribution < 1.29 is 14.3 Å². The van der Waals surface area contributed by atoms with Gasteiger partial charge in [0.05, 0.1) is 7.11 Å². The lowest BCUT2D eigenvalue weighted by Crippen LogP contribution is -2.31. The van der Waals surface area contributed by atoms with E-state index in [9.17, 15) is 4.79 Å². The van der Waals surface area contributed by atoms with Crippen LogP contribution >= 0.6 is 0 Å². The molecule has 0 fully saturated rings. The Labute approximate surface area is 127 Å². The number of nitrogens with two attached hydrogens (primary N) is 1. The van der Waals surface area contributed by atoms with Crippen LogP contribution in [0.3, 0.4) is 0 Å². The van der Waals surface area contributed by atoms with Gasteiger partial charge in [-0.2, -0.15) is 0 Å². The van der Waals surface area contributed by atoms with Crippen LogP contribution < -0.4 is 15.2 Å². The number of benzene rings is 1. The smallest absolute Gasteiger partial charge is 0.260 e. The van der Waals surface area contributed by atoms with Crippen LogP contribution in [0.15, 0.2) is 18.2 Å². The monoisotopic (exact) mass is 294 g/mol. The van der Waals surface area contributed by atoms with Crippen molar-refractivity contribution in [3.05, 3.63) is 23.8 Å². The zero-order valence-electron chi connectivity index (χ0n) is 13.4. The molecule has 0 spiro atoms. The summed E-state index contributed by atoms with van der Waals surface area (Å²) in [6.45, 7) is 4.62. The highest BCUT2D eigenvalue weighted by Crippen LogP contribution is 2.32. The van der Waals surface area contributed by atoms with Crippen molar-refractivity contribution in [1.82, 2.24) is 4.90 Å². The summed E-state index contributed by atoms with van der Waals surface area (Å²) >= 11 is 0. The fourth-order valence-electron chi connectivity index (χ4n) is 1.89. The molecule has 0 aliphatic heterocycles. The summed E-state index contributed by atoms with van der Waals surface area (Å²) in [4.78, 5) is 13.5. The molecular formula is C16H26N2O3. The predicted molar refractivity (Wildman–Crippen MR) is 83.8 cm³/mol. The molecule has 118 valence electrons. The number of carbonyl (C=O) groups excluding carboxylic acids is 1. The van der Waals surface area contributed by atoms with Crippen molar-refractivity contribution in [3.63, 3.8) is 0 Å². The zero-order valence-corrected chi connectivity index (χ0v) is 13.4. The summed E-state index contributed by atoms with van der Waals surface area (Å²) in [7, 11) is 3.34. The quantitative estimate of drug-likeness (QED) is 0.794. The standard InChI is InChI=1S/C16H26N2O3/c1-5-13(17)10-12-8-7-9-14(20-4)16(12)21-11-15(19)18(3)6-2/h7-9,13H,5-6,10-11,17H2,1-4H3. The third-order valence-corrected chi connectivity index (χ3v) is 3.53. The molecule has 0 radical (unpaired) electrons. The van der Waals surface area contributed by atoms with E-state index in [1.807, 2.05) is 32.0 Å². The summed E-state index contributed by atoms with van der Waals surface area (Å²) < 4.78 is 11.0. The van der Waals surface area contributed by atoms with E-state index in [4.69, 9.17) is 15.2 Å². The van der Waals surface area contributed by atoms with Crippen LogP contribution in [-0.4, -0.2) is 44.2 Å². The van der Waals surface area contributed by atoms with Gasteiger partial charge in [-0.15, -0.1) is 0 Å². The number of carbonyl (C=O) groups is 1. The third-order valence-electron chi connectivity index (χ3n) is 3.53. The molecule has 1 aromatic carbocycles. The largest absolute Gasteiger partial charge is 0.493 e. The maximum absolute atomic E-state index is 11.9. The first kappa shape index (κ1) is 17.3. The van der Waals surface area contributed by atoms with Crippen LogP contribution in [0.2, 0.25) is 0 Å². The van der Waals surface area contributed by atoms with Gasteiger partial charge in [-0.25, -0.2) is 0 Å². The Morgan fingerprint density at radius 1 is 1.38 bits per heavy atom. The number of nitrogens with zero attached hydrogens (tertiary/aromatic N) is 1. The topological polar surface area (TPSA) is 64.8 Å². The maximum atomic E-state index is 11.9. The summed E-state index contributed by atoms with van der Waals surface area (Å²) in [5.74, 6) is 1.18. The van der Waals surface area contributed by atoms with E-state index in [2.05, 4.69) is 0 Å². The average Bonchev–Trinajstić information content (AvgIpc) is 2.51. The Balaban J connectivity index is 2.89. The first-order valence-electron chi connectivity index (χ1n) is 7.31. The van der Waals surface area contributed by atoms with Crippen LogP contribution in [0, 0.1) is 0 Å². The maximum Gasteiger partial charge on any atom is 0.260 e. The van der Waals surface area contributed by atoms with Crippen LogP contribution in [-0.2, 0) is 11.2 Å². The lowest BCUT2D eigenvalue weighted by atomic mass is 10.0. The molecular weight excluding hydrogens is 268 g/mol. The van der Waals surface area contributed by atoms with Gasteiger partial charge < -0.3 is 20.1 Å². The highest BCUT2D eigenvalue weighted by Gasteiger charge is 2.15. The number of para-hydroxylation sites is 1. The Hall–Kier alpha value is -1.75. The highest BCUT2D eigenvalue weighted by molar-refractivity contribution is 5.77. The average molecular weight is 294 g/mol. The lowest BCUT2D eigenvalue weighted by Gasteiger charge is -2.19. The minimum atomic E-state index is -0.0610. The predicted octanol–water partition coefficient (Wildman–Crippen LogP) is 1.83. The molecule has 1 aromatic rings. The molecule has 5 heteroatoms. The van der Waals surface area contributed by atoms with Gasteiger partial charge in [0.2, 0.25) is 0 Å². The fraction of sp³-hybridized carbons (Fsp3) is 0.562. The molecule has 0 aliphatic rings. The molecule has 21 heavy (non-hydrogen) atoms. The Kier molecular flexibility index (Phi) is 7.02. The van der Waals surface area contributed by atoms with Crippen molar-refractivity contribution in [2.45, 2.75) is 32.7 Å². The minimum Gasteiger partial charge on any atom is -0.493 e. The van der Waals surface area contributed by atoms with Crippen molar-refractivity contribution in [2.24, 2.45) is 5.73 Å². The van der Waals surface area contributed by atoms with Crippen molar-refractivity contribution in [3.8, 4) is 11.5 Å². The Bertz CT molecular complexity index is 463. The van der Waals surface area contributed by atoms with Gasteiger partial charge in [0.1, 0.15) is 0 Å². The number of rotatable bonds is 8. The molecule has 1 unspecified atom stereocenters. The molecule has 0 bridgehead atoms. The number of amides is 1. The van der Waals surface area contributed by atoms with Crippen molar-refractivity contribution in [1.29, 1.82) is 0 Å². The van der Waals surface area contributed by atoms with E-state index in [-0.39, 0.29) is 18.6 Å². The summed E-state index contributed by atoms with van der Waals surface area (Å²) in [5.41, 5.74) is 6.99. The number of ether oxygens (including phenoxy) is 2. The molecule has 0 aliphatic carbocycles. The first-order chi connectivity index (χ1) is 10.0. The summed E-state index contributed by atoms with van der Waals surface area (Å²) in [6.07, 6.45) is 1.58. The zero-order chi connectivity index (χ0) is 15.8. The second kappa shape index (κ2) is 8.52. The Morgan fingerprint density at radius 3 is 2.67 bits per heavy atom. The third kappa shape index (κ3) is 4.93. The van der Waals surface area contributed by atoms with Gasteiger partial charge in [-0.1, -0.05) is 19.1 Å². The fourth-order valence-corrected chi connectivity index (χ4v) is 1.89. The molecule has 1 rings (SSSR count). The molecule has 0 saturated carbocycles. The number of methoxy groups -OCH3 is 1. The van der Waals surface area contributed by atoms with Gasteiger partial charge in [0.25, 0.3) is 5.91 Å². The highest BCUT2D eigenvalue weighted by atomic mass is 16.5. The van der Waals surface area contributed by atoms with E-state index >= 15 is 0 Å². The van der Waals surface area contributed by atoms with Crippen molar-refractivity contribution >= 4 is 5.91 Å². The molecule has 0 aromatic heterocycles. The van der Waals surface area contributed by atoms with Crippen LogP contribution in [0.4, 0.5) is 0 Å². The van der Waals surface area contributed by atoms with Gasteiger partial charge in [0, 0.05) is 19.6 Å². The van der Waals surface area contributed by atoms with Gasteiger partial charge in [-0.3, -0.25) is 4.79 Å². The lowest BCUT2D eigenvalue weighted by molar-refractivity contribution is -0.131. The second-order valence-corrected chi connectivity index (χ2v) is 5.02. The van der Waals surface area contributed by atoms with Crippen LogP contribution in [0.1, 0.15) is 25.8 Å². The van der Waals surface area contributed by atoms with E-state index < -0.39 is 0 Å². The van der Waals surface area contributed by atoms with Gasteiger partial charge in [-0.05, 0) is 31.4 Å².